The fourth-order valence-electron chi connectivity index (χ4n) is 2.52. The Kier molecular flexibility index (Phi) is 15.1. The number of nitrogens with zero attached hydrogens (tertiary/aromatic N) is 1. The van der Waals surface area contributed by atoms with Crippen LogP contribution in [0.2, 0.25) is 0 Å². The molecule has 0 spiro atoms. The molecule has 2 aromatic carbocycles. The van der Waals surface area contributed by atoms with Crippen LogP contribution < -0.4 is 93.8 Å². The summed E-state index contributed by atoms with van der Waals surface area (Å²) in [6.45, 7) is -1.57. The molecule has 16 heteroatoms. The molecule has 2 rings (SSSR count). The van der Waals surface area contributed by atoms with Crippen molar-refractivity contribution >= 4 is 26.2 Å². The summed E-state index contributed by atoms with van der Waals surface area (Å²) in [5.41, 5.74) is -0.231. The minimum absolute atomic E-state index is 0. The average Bonchev–Trinajstić information content (AvgIpc) is 2.56. The second kappa shape index (κ2) is 14.0. The smallest absolute Gasteiger partial charge is 0.744 e. The molecule has 0 atom stereocenters. The van der Waals surface area contributed by atoms with E-state index in [-0.39, 0.29) is 99.8 Å². The first-order valence-electron chi connectivity index (χ1n) is 7.75. The van der Waals surface area contributed by atoms with Crippen LogP contribution in [-0.4, -0.2) is 53.6 Å². The van der Waals surface area contributed by atoms with E-state index >= 15 is 0 Å². The predicted octanol–water partition coefficient (Wildman–Crippen LogP) is -10.3. The van der Waals surface area contributed by atoms with E-state index in [1.165, 1.54) is 0 Å². The van der Waals surface area contributed by atoms with Crippen molar-refractivity contribution in [3.05, 3.63) is 47.5 Å². The van der Waals surface area contributed by atoms with E-state index in [2.05, 4.69) is 0 Å². The van der Waals surface area contributed by atoms with Crippen molar-refractivity contribution in [2.45, 2.75) is 22.9 Å². The van der Waals surface area contributed by atoms with E-state index in [1.807, 2.05) is 0 Å². The van der Waals surface area contributed by atoms with Crippen molar-refractivity contribution in [1.29, 1.82) is 0 Å². The molecule has 11 nitrogen and oxygen atoms in total. The van der Waals surface area contributed by atoms with Crippen LogP contribution in [0.15, 0.2) is 46.2 Å². The van der Waals surface area contributed by atoms with Gasteiger partial charge in [-0.2, -0.15) is 0 Å². The van der Waals surface area contributed by atoms with E-state index in [9.17, 15) is 46.1 Å². The van der Waals surface area contributed by atoms with Crippen molar-refractivity contribution in [1.82, 2.24) is 4.90 Å². The third-order valence-corrected chi connectivity index (χ3v) is 5.48. The standard InChI is InChI=1S/C16H17NO10S2.3Na/c18-14-3-1-12(28(22,23)24)5-10(14)7-17(9-16(20)21)8-11-6-13(29(25,26)27)2-4-15(11)19;;;/h1-6,18-19H,7-9H2,(H,20,21)(H,22,23,24)(H,25,26,27);;;/q;3*+1/p-3. The third-order valence-electron chi connectivity index (χ3n) is 3.82. The van der Waals surface area contributed by atoms with E-state index in [1.54, 1.807) is 0 Å². The molecule has 0 unspecified atom stereocenters. The van der Waals surface area contributed by atoms with Gasteiger partial charge in [0.05, 0.1) is 15.8 Å². The number of hydrogen-bond donors (Lipinski definition) is 2. The SMILES string of the molecule is O=C([O-])CN(Cc1cc(S(=O)(=O)[O-])ccc1O)Cc1cc(S(=O)(=O)[O-])ccc1O.[Na+].[Na+].[Na+]. The Labute approximate surface area is 251 Å². The van der Waals surface area contributed by atoms with Crippen LogP contribution in [0.3, 0.4) is 0 Å². The van der Waals surface area contributed by atoms with Gasteiger partial charge < -0.3 is 29.2 Å². The number of hydrogen-bond acceptors (Lipinski definition) is 11. The van der Waals surface area contributed by atoms with Crippen LogP contribution in [0.5, 0.6) is 11.5 Å². The van der Waals surface area contributed by atoms with Crippen LogP contribution in [0.25, 0.3) is 0 Å². The molecule has 0 heterocycles. The van der Waals surface area contributed by atoms with Crippen LogP contribution in [-0.2, 0) is 38.1 Å². The topological polar surface area (TPSA) is 198 Å². The summed E-state index contributed by atoms with van der Waals surface area (Å²) in [5, 5.41) is 30.8. The number of carbonyl (C=O) groups excluding carboxylic acids is 1. The minimum Gasteiger partial charge on any atom is -0.744 e. The monoisotopic (exact) mass is 513 g/mol. The number of aliphatic carboxylic acids is 1. The van der Waals surface area contributed by atoms with Crippen molar-refractivity contribution in [2.75, 3.05) is 6.54 Å². The second-order valence-corrected chi connectivity index (χ2v) is 8.77. The number of carboxylic acids is 1. The van der Waals surface area contributed by atoms with Gasteiger partial charge in [-0.1, -0.05) is 0 Å². The summed E-state index contributed by atoms with van der Waals surface area (Å²) in [6.07, 6.45) is 0. The molecule has 0 bridgehead atoms. The molecule has 2 aromatic rings. The van der Waals surface area contributed by atoms with Gasteiger partial charge in [0.15, 0.2) is 0 Å². The first kappa shape index (κ1) is 34.5. The Bertz CT molecular complexity index is 1070. The zero-order valence-corrected chi connectivity index (χ0v) is 25.1. The molecule has 0 aliphatic heterocycles. The first-order chi connectivity index (χ1) is 13.3. The molecule has 0 radical (unpaired) electrons. The first-order valence-corrected chi connectivity index (χ1v) is 10.6. The second-order valence-electron chi connectivity index (χ2n) is 6.01. The van der Waals surface area contributed by atoms with Gasteiger partial charge in [-0.15, -0.1) is 0 Å². The fraction of sp³-hybridized carbons (Fsp3) is 0.188. The quantitative estimate of drug-likeness (QED) is 0.251. The normalized spacial score (nSPS) is 11.1. The molecule has 0 saturated carbocycles. The Balaban J connectivity index is 0. The maximum absolute atomic E-state index is 11.2. The summed E-state index contributed by atoms with van der Waals surface area (Å²) in [5.74, 6) is -2.43. The molecule has 0 saturated heterocycles. The Morgan fingerprint density at radius 3 is 1.41 bits per heavy atom. The zero-order valence-electron chi connectivity index (χ0n) is 17.5. The van der Waals surface area contributed by atoms with Gasteiger partial charge in [0, 0.05) is 30.8 Å². The molecule has 0 amide bonds. The van der Waals surface area contributed by atoms with Gasteiger partial charge in [0.1, 0.15) is 31.7 Å². The number of rotatable bonds is 8. The maximum Gasteiger partial charge on any atom is 1.00 e. The number of benzene rings is 2. The van der Waals surface area contributed by atoms with Gasteiger partial charge >= 0.3 is 88.7 Å². The van der Waals surface area contributed by atoms with E-state index in [4.69, 9.17) is 0 Å². The molecular weight excluding hydrogens is 499 g/mol. The van der Waals surface area contributed by atoms with Gasteiger partial charge in [0.25, 0.3) is 0 Å². The molecule has 2 N–H and O–H groups in total. The molecule has 0 aromatic heterocycles. The summed E-state index contributed by atoms with van der Waals surface area (Å²) >= 11 is 0. The average molecular weight is 513 g/mol. The van der Waals surface area contributed by atoms with Crippen LogP contribution in [0.1, 0.15) is 11.1 Å². The zero-order chi connectivity index (χ0) is 22.0. The van der Waals surface area contributed by atoms with Crippen LogP contribution in [0.4, 0.5) is 0 Å². The molecule has 158 valence electrons. The Morgan fingerprint density at radius 2 is 1.12 bits per heavy atom. The fourth-order valence-corrected chi connectivity index (χ4v) is 3.56. The van der Waals surface area contributed by atoms with Crippen molar-refractivity contribution in [3.8, 4) is 11.5 Å². The Morgan fingerprint density at radius 1 is 0.781 bits per heavy atom. The van der Waals surface area contributed by atoms with Gasteiger partial charge in [-0.25, -0.2) is 16.8 Å². The largest absolute Gasteiger partial charge is 1.00 e. The van der Waals surface area contributed by atoms with Crippen molar-refractivity contribution < 1.29 is 135 Å². The van der Waals surface area contributed by atoms with Crippen molar-refractivity contribution in [2.24, 2.45) is 0 Å². The summed E-state index contributed by atoms with van der Waals surface area (Å²) < 4.78 is 66.9. The molecular formula is C16H14NNa3O10S2. The van der Waals surface area contributed by atoms with Gasteiger partial charge in [0.2, 0.25) is 0 Å². The van der Waals surface area contributed by atoms with Crippen LogP contribution in [0, 0.1) is 0 Å². The molecule has 32 heavy (non-hydrogen) atoms. The predicted molar refractivity (Wildman–Crippen MR) is 91.3 cm³/mol. The number of carboxylic acid groups (broad SMARTS) is 1. The van der Waals surface area contributed by atoms with Gasteiger partial charge in [-0.05, 0) is 36.4 Å². The van der Waals surface area contributed by atoms with E-state index in [0.717, 1.165) is 41.3 Å². The number of aromatic hydroxyl groups is 2. The van der Waals surface area contributed by atoms with Crippen molar-refractivity contribution in [3.63, 3.8) is 0 Å². The summed E-state index contributed by atoms with van der Waals surface area (Å²) in [6, 6.07) is 5.35. The molecule has 0 fully saturated rings. The van der Waals surface area contributed by atoms with Gasteiger partial charge in [-0.3, -0.25) is 4.90 Å². The molecule has 0 aliphatic carbocycles. The molecule has 0 aliphatic rings. The minimum atomic E-state index is -4.84. The number of phenols is 2. The Hall–Kier alpha value is 0.290. The van der Waals surface area contributed by atoms with E-state index in [0.29, 0.717) is 0 Å². The third kappa shape index (κ3) is 10.3. The summed E-state index contributed by atoms with van der Waals surface area (Å²) in [7, 11) is -9.68. The number of phenolic OH excluding ortho intramolecular Hbond substituents is 2. The number of carbonyl (C=O) groups is 1. The van der Waals surface area contributed by atoms with Crippen LogP contribution >= 0.6 is 0 Å². The summed E-state index contributed by atoms with van der Waals surface area (Å²) in [4.78, 5) is 10.8. The maximum atomic E-state index is 11.2. The van der Waals surface area contributed by atoms with E-state index < -0.39 is 67.1 Å².